The fourth-order valence-electron chi connectivity index (χ4n) is 3.23. The van der Waals surface area contributed by atoms with E-state index in [4.69, 9.17) is 21.4 Å². The standard InChI is InChI=1S/C19H28ClN3O4/c1-22(14-19(25)26)16-3-2-10-23(11-8-16)13-18(24)21-9-12-27-17-6-4-15(20)5-7-17/h4-7,16H,2-3,8-14H2,1H3,(H,21,24)(H,25,26). The molecule has 1 amide bonds. The van der Waals surface area contributed by atoms with Crippen LogP contribution in [0.5, 0.6) is 5.75 Å². The Bertz CT molecular complexity index is 611. The smallest absolute Gasteiger partial charge is 0.317 e. The summed E-state index contributed by atoms with van der Waals surface area (Å²) in [4.78, 5) is 27.0. The fourth-order valence-corrected chi connectivity index (χ4v) is 3.35. The van der Waals surface area contributed by atoms with E-state index in [-0.39, 0.29) is 18.5 Å². The Morgan fingerprint density at radius 1 is 1.30 bits per heavy atom. The minimum Gasteiger partial charge on any atom is -0.492 e. The summed E-state index contributed by atoms with van der Waals surface area (Å²) in [7, 11) is 1.85. The molecule has 1 heterocycles. The van der Waals surface area contributed by atoms with Crippen molar-refractivity contribution in [1.82, 2.24) is 15.1 Å². The van der Waals surface area contributed by atoms with Crippen molar-refractivity contribution < 1.29 is 19.4 Å². The van der Waals surface area contributed by atoms with Crippen LogP contribution in [-0.4, -0.2) is 79.2 Å². The number of likely N-dealkylation sites (N-methyl/N-ethyl adjacent to an activating group) is 1. The van der Waals surface area contributed by atoms with Crippen molar-refractivity contribution in [1.29, 1.82) is 0 Å². The molecule has 0 radical (unpaired) electrons. The van der Waals surface area contributed by atoms with Gasteiger partial charge in [-0.05, 0) is 57.1 Å². The lowest BCUT2D eigenvalue weighted by Crippen LogP contribution is -2.40. The molecule has 1 aliphatic rings. The topological polar surface area (TPSA) is 82.1 Å². The van der Waals surface area contributed by atoms with Gasteiger partial charge in [-0.15, -0.1) is 0 Å². The second-order valence-corrected chi connectivity index (χ2v) is 7.26. The average molecular weight is 398 g/mol. The Morgan fingerprint density at radius 3 is 2.74 bits per heavy atom. The van der Waals surface area contributed by atoms with Crippen molar-refractivity contribution in [3.63, 3.8) is 0 Å². The Balaban J connectivity index is 1.63. The first-order valence-electron chi connectivity index (χ1n) is 9.23. The van der Waals surface area contributed by atoms with E-state index in [1.165, 1.54) is 0 Å². The van der Waals surface area contributed by atoms with Gasteiger partial charge in [0.05, 0.1) is 19.6 Å². The zero-order valence-electron chi connectivity index (χ0n) is 15.7. The highest BCUT2D eigenvalue weighted by molar-refractivity contribution is 6.30. The lowest BCUT2D eigenvalue weighted by molar-refractivity contribution is -0.138. The van der Waals surface area contributed by atoms with Crippen LogP contribution in [0.15, 0.2) is 24.3 Å². The second-order valence-electron chi connectivity index (χ2n) is 6.82. The highest BCUT2D eigenvalue weighted by Gasteiger charge is 2.22. The molecule has 1 aliphatic heterocycles. The number of carboxylic acid groups (broad SMARTS) is 1. The van der Waals surface area contributed by atoms with Crippen LogP contribution in [0.2, 0.25) is 5.02 Å². The Hall–Kier alpha value is -1.83. The number of nitrogens with one attached hydrogen (secondary N) is 1. The largest absolute Gasteiger partial charge is 0.492 e. The molecule has 1 fully saturated rings. The number of carbonyl (C=O) groups excluding carboxylic acids is 1. The maximum atomic E-state index is 12.1. The molecule has 0 bridgehead atoms. The molecule has 2 N–H and O–H groups in total. The van der Waals surface area contributed by atoms with Gasteiger partial charge in [0.25, 0.3) is 0 Å². The van der Waals surface area contributed by atoms with Crippen LogP contribution in [0.4, 0.5) is 0 Å². The molecule has 27 heavy (non-hydrogen) atoms. The van der Waals surface area contributed by atoms with Gasteiger partial charge in [-0.2, -0.15) is 0 Å². The van der Waals surface area contributed by atoms with Gasteiger partial charge in [-0.1, -0.05) is 11.6 Å². The number of carbonyl (C=O) groups is 2. The molecule has 1 unspecified atom stereocenters. The SMILES string of the molecule is CN(CC(=O)O)C1CCCN(CC(=O)NCCOc2ccc(Cl)cc2)CC1. The van der Waals surface area contributed by atoms with E-state index < -0.39 is 5.97 Å². The van der Waals surface area contributed by atoms with E-state index >= 15 is 0 Å². The van der Waals surface area contributed by atoms with Crippen molar-refractivity contribution in [2.75, 3.05) is 46.4 Å². The predicted octanol–water partition coefficient (Wildman–Crippen LogP) is 1.71. The molecule has 0 aliphatic carbocycles. The number of hydrogen-bond acceptors (Lipinski definition) is 5. The van der Waals surface area contributed by atoms with Crippen LogP contribution < -0.4 is 10.1 Å². The first-order chi connectivity index (χ1) is 12.9. The molecule has 0 aromatic heterocycles. The number of likely N-dealkylation sites (tertiary alicyclic amines) is 1. The number of halogens is 1. The maximum absolute atomic E-state index is 12.1. The van der Waals surface area contributed by atoms with Gasteiger partial charge in [0.1, 0.15) is 12.4 Å². The molecule has 8 heteroatoms. The Morgan fingerprint density at radius 2 is 2.04 bits per heavy atom. The monoisotopic (exact) mass is 397 g/mol. The summed E-state index contributed by atoms with van der Waals surface area (Å²) in [6.45, 7) is 2.90. The number of ether oxygens (including phenoxy) is 1. The van der Waals surface area contributed by atoms with Crippen molar-refractivity contribution in [2.45, 2.75) is 25.3 Å². The van der Waals surface area contributed by atoms with Crippen LogP contribution in [0.25, 0.3) is 0 Å². The molecule has 1 aromatic rings. The van der Waals surface area contributed by atoms with Gasteiger partial charge >= 0.3 is 5.97 Å². The Labute approximate surface area is 165 Å². The Kier molecular flexibility index (Phi) is 8.84. The predicted molar refractivity (Wildman–Crippen MR) is 104 cm³/mol. The number of amides is 1. The van der Waals surface area contributed by atoms with E-state index in [2.05, 4.69) is 10.2 Å². The highest BCUT2D eigenvalue weighted by Crippen LogP contribution is 2.16. The molecule has 2 rings (SSSR count). The van der Waals surface area contributed by atoms with E-state index in [9.17, 15) is 9.59 Å². The quantitative estimate of drug-likeness (QED) is 0.617. The van der Waals surface area contributed by atoms with Crippen LogP contribution in [0.1, 0.15) is 19.3 Å². The summed E-state index contributed by atoms with van der Waals surface area (Å²) < 4.78 is 5.55. The normalized spacial score (nSPS) is 18.1. The number of benzene rings is 1. The lowest BCUT2D eigenvalue weighted by atomic mass is 10.1. The van der Waals surface area contributed by atoms with Gasteiger partial charge in [0, 0.05) is 17.6 Å². The maximum Gasteiger partial charge on any atom is 0.317 e. The average Bonchev–Trinajstić information content (AvgIpc) is 2.85. The van der Waals surface area contributed by atoms with Gasteiger partial charge in [0.2, 0.25) is 5.91 Å². The number of nitrogens with zero attached hydrogens (tertiary/aromatic N) is 2. The summed E-state index contributed by atoms with van der Waals surface area (Å²) in [5.74, 6) is -0.108. The van der Waals surface area contributed by atoms with Crippen molar-refractivity contribution in [3.8, 4) is 5.75 Å². The van der Waals surface area contributed by atoms with Crippen LogP contribution >= 0.6 is 11.6 Å². The fraction of sp³-hybridized carbons (Fsp3) is 0.579. The number of rotatable bonds is 9. The van der Waals surface area contributed by atoms with Gasteiger partial charge < -0.3 is 15.2 Å². The first-order valence-corrected chi connectivity index (χ1v) is 9.61. The van der Waals surface area contributed by atoms with Gasteiger partial charge in [0.15, 0.2) is 0 Å². The first kappa shape index (κ1) is 21.5. The molecule has 150 valence electrons. The van der Waals surface area contributed by atoms with E-state index in [0.717, 1.165) is 38.1 Å². The van der Waals surface area contributed by atoms with Crippen molar-refractivity contribution >= 4 is 23.5 Å². The van der Waals surface area contributed by atoms with E-state index in [1.54, 1.807) is 24.3 Å². The zero-order chi connectivity index (χ0) is 19.6. The van der Waals surface area contributed by atoms with Gasteiger partial charge in [-0.3, -0.25) is 19.4 Å². The summed E-state index contributed by atoms with van der Waals surface area (Å²) >= 11 is 5.82. The lowest BCUT2D eigenvalue weighted by Gasteiger charge is -2.25. The zero-order valence-corrected chi connectivity index (χ0v) is 16.5. The van der Waals surface area contributed by atoms with Crippen molar-refractivity contribution in [2.24, 2.45) is 0 Å². The molecule has 0 saturated carbocycles. The third kappa shape index (κ3) is 8.15. The highest BCUT2D eigenvalue weighted by atomic mass is 35.5. The molecule has 0 spiro atoms. The molecule has 1 aromatic carbocycles. The van der Waals surface area contributed by atoms with Crippen LogP contribution in [0, 0.1) is 0 Å². The van der Waals surface area contributed by atoms with Gasteiger partial charge in [-0.25, -0.2) is 0 Å². The second kappa shape index (κ2) is 11.1. The number of carboxylic acids is 1. The molecule has 7 nitrogen and oxygen atoms in total. The summed E-state index contributed by atoms with van der Waals surface area (Å²) in [5, 5.41) is 12.5. The summed E-state index contributed by atoms with van der Waals surface area (Å²) in [6.07, 6.45) is 2.79. The molecular formula is C19H28ClN3O4. The number of hydrogen-bond donors (Lipinski definition) is 2. The van der Waals surface area contributed by atoms with Crippen LogP contribution in [-0.2, 0) is 9.59 Å². The number of aliphatic carboxylic acids is 1. The third-order valence-corrected chi connectivity index (χ3v) is 4.92. The molecular weight excluding hydrogens is 370 g/mol. The summed E-state index contributed by atoms with van der Waals surface area (Å²) in [6, 6.07) is 7.35. The summed E-state index contributed by atoms with van der Waals surface area (Å²) in [5.41, 5.74) is 0. The van der Waals surface area contributed by atoms with E-state index in [1.807, 2.05) is 11.9 Å². The van der Waals surface area contributed by atoms with Crippen molar-refractivity contribution in [3.05, 3.63) is 29.3 Å². The molecule has 1 atom stereocenters. The minimum absolute atomic E-state index is 0.0213. The van der Waals surface area contributed by atoms with E-state index in [0.29, 0.717) is 24.7 Å². The minimum atomic E-state index is -0.807. The third-order valence-electron chi connectivity index (χ3n) is 4.67. The van der Waals surface area contributed by atoms with Crippen LogP contribution in [0.3, 0.4) is 0 Å². The molecule has 1 saturated heterocycles.